The van der Waals surface area contributed by atoms with E-state index in [1.165, 1.54) is 167 Å². The fourth-order valence-corrected chi connectivity index (χ4v) is 7.43. The number of hydrogen-bond acceptors (Lipinski definition) is 7. The van der Waals surface area contributed by atoms with Crippen LogP contribution in [0, 0.1) is 0 Å². The molecule has 55 heavy (non-hydrogen) atoms. The highest BCUT2D eigenvalue weighted by atomic mass is 31.2. The van der Waals surface area contributed by atoms with Crippen molar-refractivity contribution in [2.45, 2.75) is 238 Å². The van der Waals surface area contributed by atoms with E-state index in [9.17, 15) is 24.2 Å². The summed E-state index contributed by atoms with van der Waals surface area (Å²) in [6.07, 6.45) is 44.4. The van der Waals surface area contributed by atoms with Crippen LogP contribution in [-0.4, -0.2) is 54.3 Å². The summed E-state index contributed by atoms with van der Waals surface area (Å²) in [5.41, 5.74) is 0. The third-order valence-corrected chi connectivity index (χ3v) is 11.2. The first-order valence-electron chi connectivity index (χ1n) is 23.2. The molecule has 9 nitrogen and oxygen atoms in total. The second-order valence-corrected chi connectivity index (χ2v) is 17.2. The number of ether oxygens (including phenoxy) is 1. The van der Waals surface area contributed by atoms with Crippen molar-refractivity contribution in [3.05, 3.63) is 12.2 Å². The van der Waals surface area contributed by atoms with Gasteiger partial charge in [0.2, 0.25) is 5.91 Å². The number of aliphatic hydroxyl groups is 1. The van der Waals surface area contributed by atoms with E-state index in [0.717, 1.165) is 38.5 Å². The molecule has 326 valence electrons. The van der Waals surface area contributed by atoms with Crippen LogP contribution in [0.4, 0.5) is 0 Å². The number of carbonyl (C=O) groups is 2. The van der Waals surface area contributed by atoms with Gasteiger partial charge in [-0.25, -0.2) is 4.57 Å². The van der Waals surface area contributed by atoms with Crippen molar-refractivity contribution in [1.82, 2.24) is 5.32 Å². The van der Waals surface area contributed by atoms with Gasteiger partial charge >= 0.3 is 13.8 Å². The average Bonchev–Trinajstić information content (AvgIpc) is 3.17. The maximum Gasteiger partial charge on any atom is 0.472 e. The molecule has 0 aromatic carbocycles. The lowest BCUT2D eigenvalue weighted by molar-refractivity contribution is -0.147. The summed E-state index contributed by atoms with van der Waals surface area (Å²) in [5.74, 6) is -0.508. The molecule has 0 aromatic rings. The van der Waals surface area contributed by atoms with Gasteiger partial charge in [-0.05, 0) is 38.5 Å². The topological polar surface area (TPSA) is 131 Å². The van der Waals surface area contributed by atoms with Crippen LogP contribution in [-0.2, 0) is 27.9 Å². The van der Waals surface area contributed by atoms with E-state index in [2.05, 4.69) is 31.3 Å². The van der Waals surface area contributed by atoms with Crippen molar-refractivity contribution < 1.29 is 37.9 Å². The highest BCUT2D eigenvalue weighted by molar-refractivity contribution is 7.47. The standard InChI is InChI=1S/C45H88NO8P/c1-3-5-7-9-11-13-15-16-17-18-19-20-21-22-23-24-25-26-28-29-31-33-35-37-44(48)46-39-40-53-55(50,51)54-42-43(47)41-52-45(49)38-36-34-32-30-27-14-12-10-8-6-4-2/h16-17,43,47H,3-15,18-42H2,1-2H3,(H,46,48)(H,50,51)/b17-16+. The van der Waals surface area contributed by atoms with Crippen molar-refractivity contribution in [1.29, 1.82) is 0 Å². The van der Waals surface area contributed by atoms with Crippen LogP contribution in [0.25, 0.3) is 0 Å². The molecular formula is C45H88NO8P. The monoisotopic (exact) mass is 802 g/mol. The Kier molecular flexibility index (Phi) is 41.4. The zero-order valence-electron chi connectivity index (χ0n) is 35.9. The number of hydrogen-bond donors (Lipinski definition) is 3. The number of rotatable bonds is 44. The SMILES string of the molecule is CCCCCCCC/C=C/CCCCCCCCCCCCCCCC(=O)NCCOP(=O)(O)OCC(O)COC(=O)CCCCCCCCCCCCC. The summed E-state index contributed by atoms with van der Waals surface area (Å²) >= 11 is 0. The lowest BCUT2D eigenvalue weighted by Gasteiger charge is -2.15. The third kappa shape index (κ3) is 43.7. The van der Waals surface area contributed by atoms with Gasteiger partial charge in [0.1, 0.15) is 12.7 Å². The van der Waals surface area contributed by atoms with Crippen molar-refractivity contribution in [3.63, 3.8) is 0 Å². The minimum Gasteiger partial charge on any atom is -0.463 e. The molecule has 0 saturated carbocycles. The van der Waals surface area contributed by atoms with Crippen LogP contribution in [0.1, 0.15) is 232 Å². The second-order valence-electron chi connectivity index (χ2n) is 15.7. The predicted molar refractivity (Wildman–Crippen MR) is 229 cm³/mol. The Morgan fingerprint density at radius 1 is 0.545 bits per heavy atom. The molecule has 3 N–H and O–H groups in total. The van der Waals surface area contributed by atoms with E-state index in [1.807, 2.05) is 0 Å². The Morgan fingerprint density at radius 2 is 0.927 bits per heavy atom. The van der Waals surface area contributed by atoms with E-state index in [1.54, 1.807) is 0 Å². The van der Waals surface area contributed by atoms with Gasteiger partial charge in [0.25, 0.3) is 0 Å². The Morgan fingerprint density at radius 3 is 1.36 bits per heavy atom. The first-order valence-corrected chi connectivity index (χ1v) is 24.7. The third-order valence-electron chi connectivity index (χ3n) is 10.2. The van der Waals surface area contributed by atoms with Gasteiger partial charge in [-0.2, -0.15) is 0 Å². The van der Waals surface area contributed by atoms with Crippen molar-refractivity contribution in [3.8, 4) is 0 Å². The van der Waals surface area contributed by atoms with E-state index in [4.69, 9.17) is 13.8 Å². The van der Waals surface area contributed by atoms with E-state index >= 15 is 0 Å². The molecule has 1 amide bonds. The predicted octanol–water partition coefficient (Wildman–Crippen LogP) is 13.0. The van der Waals surface area contributed by atoms with E-state index in [0.29, 0.717) is 6.42 Å². The smallest absolute Gasteiger partial charge is 0.463 e. The summed E-state index contributed by atoms with van der Waals surface area (Å²) in [4.78, 5) is 33.9. The molecule has 0 rings (SSSR count). The summed E-state index contributed by atoms with van der Waals surface area (Å²) < 4.78 is 26.9. The Hall–Kier alpha value is -1.25. The van der Waals surface area contributed by atoms with Crippen LogP contribution >= 0.6 is 7.82 Å². The summed E-state index contributed by atoms with van der Waals surface area (Å²) in [6, 6.07) is 0. The highest BCUT2D eigenvalue weighted by Gasteiger charge is 2.23. The first-order chi connectivity index (χ1) is 26.8. The molecule has 2 unspecified atom stereocenters. The molecule has 0 saturated heterocycles. The Labute approximate surface area is 338 Å². The fourth-order valence-electron chi connectivity index (χ4n) is 6.67. The van der Waals surface area contributed by atoms with Crippen molar-refractivity contribution in [2.24, 2.45) is 0 Å². The molecular weight excluding hydrogens is 713 g/mol. The zero-order chi connectivity index (χ0) is 40.3. The number of carbonyl (C=O) groups excluding carboxylic acids is 2. The maximum atomic E-state index is 12.1. The number of phosphoric acid groups is 1. The van der Waals surface area contributed by atoms with Gasteiger partial charge < -0.3 is 20.1 Å². The molecule has 0 aliphatic carbocycles. The van der Waals surface area contributed by atoms with Gasteiger partial charge in [-0.15, -0.1) is 0 Å². The van der Waals surface area contributed by atoms with E-state index < -0.39 is 26.5 Å². The molecule has 0 bridgehead atoms. The van der Waals surface area contributed by atoms with Gasteiger partial charge in [-0.3, -0.25) is 18.6 Å². The summed E-state index contributed by atoms with van der Waals surface area (Å²) in [7, 11) is -4.41. The van der Waals surface area contributed by atoms with Crippen LogP contribution in [0.2, 0.25) is 0 Å². The second kappa shape index (κ2) is 42.4. The molecule has 0 aliphatic rings. The quantitative estimate of drug-likeness (QED) is 0.0240. The van der Waals surface area contributed by atoms with Crippen LogP contribution in [0.15, 0.2) is 12.2 Å². The fraction of sp³-hybridized carbons (Fsp3) is 0.911. The average molecular weight is 802 g/mol. The van der Waals surface area contributed by atoms with Crippen LogP contribution in [0.5, 0.6) is 0 Å². The van der Waals surface area contributed by atoms with Crippen LogP contribution < -0.4 is 5.32 Å². The van der Waals surface area contributed by atoms with Gasteiger partial charge in [0.05, 0.1) is 13.2 Å². The van der Waals surface area contributed by atoms with Crippen LogP contribution in [0.3, 0.4) is 0 Å². The largest absolute Gasteiger partial charge is 0.472 e. The summed E-state index contributed by atoms with van der Waals surface area (Å²) in [5, 5.41) is 12.7. The van der Waals surface area contributed by atoms with Gasteiger partial charge in [-0.1, -0.05) is 193 Å². The van der Waals surface area contributed by atoms with Gasteiger partial charge in [0, 0.05) is 19.4 Å². The van der Waals surface area contributed by atoms with Gasteiger partial charge in [0.15, 0.2) is 0 Å². The van der Waals surface area contributed by atoms with E-state index in [-0.39, 0.29) is 32.1 Å². The molecule has 0 fully saturated rings. The molecule has 0 aliphatic heterocycles. The van der Waals surface area contributed by atoms with Crippen molar-refractivity contribution in [2.75, 3.05) is 26.4 Å². The lowest BCUT2D eigenvalue weighted by atomic mass is 10.0. The summed E-state index contributed by atoms with van der Waals surface area (Å²) in [6.45, 7) is 3.57. The number of allylic oxidation sites excluding steroid dienone is 2. The molecule has 0 spiro atoms. The highest BCUT2D eigenvalue weighted by Crippen LogP contribution is 2.42. The van der Waals surface area contributed by atoms with Crippen molar-refractivity contribution >= 4 is 19.7 Å². The minimum atomic E-state index is -4.41. The number of amides is 1. The number of nitrogens with one attached hydrogen (secondary N) is 1. The minimum absolute atomic E-state index is 0.0860. The number of unbranched alkanes of at least 4 members (excludes halogenated alkanes) is 29. The number of phosphoric ester groups is 1. The number of esters is 1. The molecule has 0 aromatic heterocycles. The Bertz CT molecular complexity index is 917. The molecule has 10 heteroatoms. The lowest BCUT2D eigenvalue weighted by Crippen LogP contribution is -2.27. The zero-order valence-corrected chi connectivity index (χ0v) is 36.8. The molecule has 0 radical (unpaired) electrons. The maximum absolute atomic E-state index is 12.1. The normalized spacial score (nSPS) is 13.3. The number of aliphatic hydroxyl groups excluding tert-OH is 1. The first kappa shape index (κ1) is 53.8. The Balaban J connectivity index is 3.51. The molecule has 0 heterocycles. The molecule has 2 atom stereocenters.